The largest absolute Gasteiger partial charge is 0.477 e. The van der Waals surface area contributed by atoms with Crippen LogP contribution in [0.1, 0.15) is 23.0 Å². The first-order valence-electron chi connectivity index (χ1n) is 5.53. The molecule has 0 radical (unpaired) electrons. The number of pyridine rings is 1. The number of hydrogen-bond donors (Lipinski definition) is 0. The van der Waals surface area contributed by atoms with Crippen LogP contribution in [0.5, 0.6) is 5.88 Å². The number of halogens is 1. The number of rotatable bonds is 6. The zero-order chi connectivity index (χ0) is 15.3. The highest BCUT2D eigenvalue weighted by molar-refractivity contribution is 7.85. The van der Waals surface area contributed by atoms with Gasteiger partial charge in [0.25, 0.3) is 10.1 Å². The van der Waals surface area contributed by atoms with Crippen LogP contribution in [0.15, 0.2) is 6.07 Å². The molecule has 0 aliphatic heterocycles. The molecule has 0 aromatic carbocycles. The highest BCUT2D eigenvalue weighted by Crippen LogP contribution is 2.25. The van der Waals surface area contributed by atoms with E-state index in [0.29, 0.717) is 0 Å². The Morgan fingerprint density at radius 2 is 2.10 bits per heavy atom. The topological polar surface area (TPSA) is 91.8 Å². The van der Waals surface area contributed by atoms with Gasteiger partial charge < -0.3 is 9.47 Å². The van der Waals surface area contributed by atoms with Crippen molar-refractivity contribution in [1.29, 1.82) is 0 Å². The summed E-state index contributed by atoms with van der Waals surface area (Å²) in [5.74, 6) is -0.644. The average Bonchev–Trinajstić information content (AvgIpc) is 2.37. The van der Waals surface area contributed by atoms with Crippen molar-refractivity contribution in [3.63, 3.8) is 0 Å². The summed E-state index contributed by atoms with van der Waals surface area (Å²) >= 11 is 5.93. The van der Waals surface area contributed by atoms with Crippen molar-refractivity contribution in [3.05, 3.63) is 22.3 Å². The summed E-state index contributed by atoms with van der Waals surface area (Å²) in [5, 5.41) is 0.0810. The Hall–Kier alpha value is -1.38. The molecule has 1 aromatic rings. The van der Waals surface area contributed by atoms with Crippen molar-refractivity contribution < 1.29 is 26.9 Å². The zero-order valence-corrected chi connectivity index (χ0v) is 12.7. The lowest BCUT2D eigenvalue weighted by atomic mass is 10.2. The molecule has 0 aliphatic rings. The van der Waals surface area contributed by atoms with Crippen LogP contribution in [0.25, 0.3) is 0 Å². The monoisotopic (exact) mass is 323 g/mol. The number of esters is 1. The van der Waals surface area contributed by atoms with E-state index in [2.05, 4.69) is 13.9 Å². The van der Waals surface area contributed by atoms with Gasteiger partial charge in [-0.2, -0.15) is 8.42 Å². The summed E-state index contributed by atoms with van der Waals surface area (Å²) in [6.45, 7) is 1.63. The van der Waals surface area contributed by atoms with E-state index in [-0.39, 0.29) is 35.4 Å². The molecule has 0 spiro atoms. The lowest BCUT2D eigenvalue weighted by Gasteiger charge is -2.11. The van der Waals surface area contributed by atoms with Crippen molar-refractivity contribution in [2.24, 2.45) is 0 Å². The van der Waals surface area contributed by atoms with E-state index >= 15 is 0 Å². The third-order valence-electron chi connectivity index (χ3n) is 2.11. The van der Waals surface area contributed by atoms with Crippen LogP contribution in [0.4, 0.5) is 0 Å². The van der Waals surface area contributed by atoms with E-state index in [4.69, 9.17) is 16.3 Å². The molecular weight excluding hydrogens is 310 g/mol. The van der Waals surface area contributed by atoms with Crippen molar-refractivity contribution >= 4 is 27.7 Å². The summed E-state index contributed by atoms with van der Waals surface area (Å²) in [5.41, 5.74) is 0.204. The van der Waals surface area contributed by atoms with Crippen LogP contribution in [-0.4, -0.2) is 39.3 Å². The highest BCUT2D eigenvalue weighted by atomic mass is 35.5. The van der Waals surface area contributed by atoms with E-state index < -0.39 is 16.1 Å². The molecule has 0 unspecified atom stereocenters. The minimum atomic E-state index is -3.63. The van der Waals surface area contributed by atoms with Crippen LogP contribution >= 0.6 is 11.6 Å². The number of ether oxygens (including phenoxy) is 2. The molecule has 0 atom stereocenters. The van der Waals surface area contributed by atoms with Crippen LogP contribution in [0, 0.1) is 0 Å². The number of methoxy groups -OCH3 is 1. The Morgan fingerprint density at radius 1 is 1.45 bits per heavy atom. The summed E-state index contributed by atoms with van der Waals surface area (Å²) in [4.78, 5) is 15.6. The molecule has 0 aliphatic carbocycles. The quantitative estimate of drug-likeness (QED) is 0.577. The molecule has 9 heteroatoms. The normalized spacial score (nSPS) is 11.2. The minimum absolute atomic E-state index is 0.0100. The molecule has 1 aromatic heterocycles. The van der Waals surface area contributed by atoms with Crippen LogP contribution in [0.2, 0.25) is 5.02 Å². The van der Waals surface area contributed by atoms with Crippen LogP contribution in [0.3, 0.4) is 0 Å². The highest BCUT2D eigenvalue weighted by Gasteiger charge is 2.19. The van der Waals surface area contributed by atoms with Crippen molar-refractivity contribution in [2.45, 2.75) is 13.5 Å². The van der Waals surface area contributed by atoms with E-state index in [1.54, 1.807) is 6.92 Å². The molecule has 1 heterocycles. The lowest BCUT2D eigenvalue weighted by Crippen LogP contribution is -2.11. The molecular formula is C11H14ClNO6S. The number of hydrogen-bond acceptors (Lipinski definition) is 7. The lowest BCUT2D eigenvalue weighted by molar-refractivity contribution is 0.0595. The van der Waals surface area contributed by atoms with Gasteiger partial charge in [-0.3, -0.25) is 4.18 Å². The van der Waals surface area contributed by atoms with Crippen molar-refractivity contribution in [1.82, 2.24) is 4.98 Å². The van der Waals surface area contributed by atoms with E-state index in [1.807, 2.05) is 0 Å². The molecule has 7 nitrogen and oxygen atoms in total. The Morgan fingerprint density at radius 3 is 2.60 bits per heavy atom. The SMILES string of the molecule is CCOc1nc(COS(C)(=O)=O)c(Cl)cc1C(=O)OC. The fraction of sp³-hybridized carbons (Fsp3) is 0.455. The Bertz CT molecular complexity index is 601. The second-order valence-electron chi connectivity index (χ2n) is 3.66. The predicted molar refractivity (Wildman–Crippen MR) is 71.4 cm³/mol. The van der Waals surface area contributed by atoms with Gasteiger partial charge in [0, 0.05) is 0 Å². The minimum Gasteiger partial charge on any atom is -0.477 e. The van der Waals surface area contributed by atoms with Gasteiger partial charge in [-0.25, -0.2) is 9.78 Å². The standard InChI is InChI=1S/C11H14ClNO6S/c1-4-18-10-7(11(14)17-2)5-8(12)9(13-10)6-19-20(3,15)16/h5H,4,6H2,1-3H3. The van der Waals surface area contributed by atoms with Crippen LogP contribution in [-0.2, 0) is 25.6 Å². The van der Waals surface area contributed by atoms with E-state index in [1.165, 1.54) is 13.2 Å². The average molecular weight is 324 g/mol. The number of carbonyl (C=O) groups is 1. The Balaban J connectivity index is 3.15. The molecule has 0 N–H and O–H groups in total. The number of carbonyl (C=O) groups excluding carboxylic acids is 1. The molecule has 20 heavy (non-hydrogen) atoms. The second kappa shape index (κ2) is 6.87. The molecule has 1 rings (SSSR count). The Labute approximate surface area is 121 Å². The maximum atomic E-state index is 11.6. The summed E-state index contributed by atoms with van der Waals surface area (Å²) < 4.78 is 36.3. The summed E-state index contributed by atoms with van der Waals surface area (Å²) in [7, 11) is -2.41. The first-order chi connectivity index (χ1) is 9.28. The van der Waals surface area contributed by atoms with Gasteiger partial charge in [0.15, 0.2) is 0 Å². The molecule has 0 saturated heterocycles. The zero-order valence-electron chi connectivity index (χ0n) is 11.2. The van der Waals surface area contributed by atoms with Gasteiger partial charge in [-0.1, -0.05) is 11.6 Å². The van der Waals surface area contributed by atoms with E-state index in [9.17, 15) is 13.2 Å². The maximum absolute atomic E-state index is 11.6. The predicted octanol–water partition coefficient (Wildman–Crippen LogP) is 1.40. The third-order valence-corrected chi connectivity index (χ3v) is 2.98. The fourth-order valence-corrected chi connectivity index (χ4v) is 1.81. The van der Waals surface area contributed by atoms with Crippen molar-refractivity contribution in [3.8, 4) is 5.88 Å². The molecule has 0 bridgehead atoms. The third kappa shape index (κ3) is 4.62. The summed E-state index contributed by atoms with van der Waals surface area (Å²) in [6.07, 6.45) is 0.910. The van der Waals surface area contributed by atoms with Crippen LogP contribution < -0.4 is 4.74 Å². The van der Waals surface area contributed by atoms with Gasteiger partial charge in [0.2, 0.25) is 5.88 Å². The van der Waals surface area contributed by atoms with Gasteiger partial charge in [-0.05, 0) is 13.0 Å². The van der Waals surface area contributed by atoms with E-state index in [0.717, 1.165) is 6.26 Å². The number of nitrogens with zero attached hydrogens (tertiary/aromatic N) is 1. The second-order valence-corrected chi connectivity index (χ2v) is 5.71. The van der Waals surface area contributed by atoms with Gasteiger partial charge >= 0.3 is 5.97 Å². The first kappa shape index (κ1) is 16.7. The van der Waals surface area contributed by atoms with Gasteiger partial charge in [0.1, 0.15) is 12.2 Å². The smallest absolute Gasteiger partial charge is 0.343 e. The fourth-order valence-electron chi connectivity index (χ4n) is 1.27. The van der Waals surface area contributed by atoms with Gasteiger partial charge in [-0.15, -0.1) is 0 Å². The number of aromatic nitrogens is 1. The van der Waals surface area contributed by atoms with Gasteiger partial charge in [0.05, 0.1) is 30.7 Å². The first-order valence-corrected chi connectivity index (χ1v) is 7.72. The van der Waals surface area contributed by atoms with Crippen molar-refractivity contribution in [2.75, 3.05) is 20.0 Å². The molecule has 112 valence electrons. The molecule has 0 amide bonds. The summed E-state index contributed by atoms with van der Waals surface area (Å²) in [6, 6.07) is 1.30. The molecule has 0 fully saturated rings. The maximum Gasteiger partial charge on any atom is 0.343 e. The Kier molecular flexibility index (Phi) is 5.73. The molecule has 0 saturated carbocycles.